The van der Waals surface area contributed by atoms with E-state index >= 15 is 0 Å². The predicted octanol–water partition coefficient (Wildman–Crippen LogP) is 13.6. The minimum atomic E-state index is -4.66. The zero-order valence-electron chi connectivity index (χ0n) is 39.4. The highest BCUT2D eigenvalue weighted by atomic mass is 31.2. The van der Waals surface area contributed by atoms with Crippen LogP contribution in [0.25, 0.3) is 0 Å². The number of allylic oxidation sites excluding steroid dienone is 7. The summed E-state index contributed by atoms with van der Waals surface area (Å²) in [6, 6.07) is 0. The van der Waals surface area contributed by atoms with Crippen LogP contribution in [0.15, 0.2) is 48.6 Å². The maximum absolute atomic E-state index is 12.6. The van der Waals surface area contributed by atoms with E-state index < -0.39 is 32.5 Å². The number of likely N-dealkylation sites (N-methyl/N-ethyl adjacent to an activating group) is 1. The van der Waals surface area contributed by atoms with Crippen LogP contribution in [0.2, 0.25) is 0 Å². The van der Waals surface area contributed by atoms with Crippen molar-refractivity contribution >= 4 is 19.8 Å². The van der Waals surface area contributed by atoms with Crippen LogP contribution in [0.1, 0.15) is 206 Å². The molecule has 0 aliphatic rings. The van der Waals surface area contributed by atoms with Crippen molar-refractivity contribution < 1.29 is 42.1 Å². The first-order chi connectivity index (χ1) is 29.0. The van der Waals surface area contributed by atoms with Crippen LogP contribution in [0.5, 0.6) is 0 Å². The summed E-state index contributed by atoms with van der Waals surface area (Å²) < 4.78 is 33.7. The first-order valence-electron chi connectivity index (χ1n) is 24.4. The largest absolute Gasteiger partial charge is 0.756 e. The fourth-order valence-electron chi connectivity index (χ4n) is 6.70. The molecule has 350 valence electrons. The Morgan fingerprint density at radius 1 is 0.550 bits per heavy atom. The van der Waals surface area contributed by atoms with E-state index in [0.717, 1.165) is 19.3 Å². The van der Waals surface area contributed by atoms with Gasteiger partial charge in [0.2, 0.25) is 0 Å². The topological polar surface area (TPSA) is 111 Å². The summed E-state index contributed by atoms with van der Waals surface area (Å²) >= 11 is 0. The number of carbonyl (C=O) groups is 2. The number of carbonyl (C=O) groups excluding carboxylic acids is 2. The standard InChI is InChI=1S/C50H92NO8P/c1-6-8-10-12-14-16-18-20-22-23-24-25-26-27-29-30-32-34-36-38-40-42-49(52)56-46-48(47-58-60(54,55)57-45-44-51(3,4)5)59-50(53)43-41-39-37-35-33-31-28-21-19-17-15-13-11-9-7-2/h28,31,33,35,37,39,41,43,48H,6-27,29-30,32,34,36,38,40,42,44-47H2,1-5H3/b31-28-,35-33-,39-37+,43-41?/t48-/m1/s1. The minimum absolute atomic E-state index is 0.0538. The number of hydrogen-bond acceptors (Lipinski definition) is 8. The van der Waals surface area contributed by atoms with Gasteiger partial charge in [0, 0.05) is 12.5 Å². The van der Waals surface area contributed by atoms with Crippen LogP contribution in [-0.2, 0) is 32.7 Å². The molecule has 1 unspecified atom stereocenters. The SMILES string of the molecule is CCCCCCCCC\C=C/C=C\C=C\C=CC(=O)O[C@H](COC(=O)CCCCCCCCCCCCCCCCCCCCCCC)COP(=O)([O-])OCC[N+](C)(C)C. The third kappa shape index (κ3) is 45.5. The lowest BCUT2D eigenvalue weighted by Gasteiger charge is -2.28. The number of nitrogens with zero attached hydrogens (tertiary/aromatic N) is 1. The Balaban J connectivity index is 4.37. The average molecular weight is 866 g/mol. The molecule has 0 rings (SSSR count). The van der Waals surface area contributed by atoms with Crippen molar-refractivity contribution in [3.8, 4) is 0 Å². The van der Waals surface area contributed by atoms with Gasteiger partial charge < -0.3 is 27.9 Å². The quantitative estimate of drug-likeness (QED) is 0.0149. The third-order valence-electron chi connectivity index (χ3n) is 10.5. The predicted molar refractivity (Wildman–Crippen MR) is 250 cm³/mol. The highest BCUT2D eigenvalue weighted by molar-refractivity contribution is 7.45. The molecule has 0 aromatic heterocycles. The fourth-order valence-corrected chi connectivity index (χ4v) is 7.43. The Morgan fingerprint density at radius 3 is 1.43 bits per heavy atom. The summed E-state index contributed by atoms with van der Waals surface area (Å²) in [4.78, 5) is 37.5. The van der Waals surface area contributed by atoms with Crippen LogP contribution < -0.4 is 4.89 Å². The molecule has 0 heterocycles. The van der Waals surface area contributed by atoms with Gasteiger partial charge in [-0.25, -0.2) is 4.79 Å². The summed E-state index contributed by atoms with van der Waals surface area (Å²) in [6.45, 7) is 4.07. The highest BCUT2D eigenvalue weighted by Gasteiger charge is 2.21. The Hall–Kier alpha value is -2.03. The summed E-state index contributed by atoms with van der Waals surface area (Å²) in [5, 5.41) is 0. The van der Waals surface area contributed by atoms with Gasteiger partial charge in [-0.3, -0.25) is 9.36 Å². The number of rotatable bonds is 44. The Morgan fingerprint density at radius 2 is 0.967 bits per heavy atom. The highest BCUT2D eigenvalue weighted by Crippen LogP contribution is 2.38. The molecular weight excluding hydrogens is 774 g/mol. The van der Waals surface area contributed by atoms with E-state index in [4.69, 9.17) is 18.5 Å². The minimum Gasteiger partial charge on any atom is -0.756 e. The van der Waals surface area contributed by atoms with Gasteiger partial charge in [0.1, 0.15) is 19.8 Å². The molecule has 0 amide bonds. The number of unbranched alkanes of at least 4 members (excludes halogenated alkanes) is 27. The zero-order chi connectivity index (χ0) is 44.3. The third-order valence-corrected chi connectivity index (χ3v) is 11.5. The molecule has 0 saturated carbocycles. The van der Waals surface area contributed by atoms with E-state index in [0.29, 0.717) is 17.4 Å². The van der Waals surface area contributed by atoms with Crippen LogP contribution in [0.3, 0.4) is 0 Å². The molecule has 0 aliphatic heterocycles. The lowest BCUT2D eigenvalue weighted by molar-refractivity contribution is -0.870. The molecule has 0 aliphatic carbocycles. The van der Waals surface area contributed by atoms with Gasteiger partial charge in [-0.1, -0.05) is 223 Å². The maximum Gasteiger partial charge on any atom is 0.331 e. The molecule has 60 heavy (non-hydrogen) atoms. The van der Waals surface area contributed by atoms with Crippen molar-refractivity contribution in [3.05, 3.63) is 48.6 Å². The molecule has 0 N–H and O–H groups in total. The fraction of sp³-hybridized carbons (Fsp3) is 0.800. The van der Waals surface area contributed by atoms with E-state index in [1.807, 2.05) is 39.4 Å². The number of quaternary nitrogens is 1. The smallest absolute Gasteiger partial charge is 0.331 e. The second kappa shape index (κ2) is 42.3. The molecule has 0 aromatic rings. The summed E-state index contributed by atoms with van der Waals surface area (Å²) in [6.07, 6.45) is 50.8. The Labute approximate surface area is 369 Å². The lowest BCUT2D eigenvalue weighted by atomic mass is 10.0. The molecule has 9 nitrogen and oxygen atoms in total. The normalized spacial score (nSPS) is 13.9. The lowest BCUT2D eigenvalue weighted by Crippen LogP contribution is -2.37. The molecule has 0 radical (unpaired) electrons. The molecule has 0 spiro atoms. The average Bonchev–Trinajstić information content (AvgIpc) is 3.20. The van der Waals surface area contributed by atoms with E-state index in [9.17, 15) is 19.0 Å². The maximum atomic E-state index is 12.6. The van der Waals surface area contributed by atoms with E-state index in [1.54, 1.807) is 12.2 Å². The van der Waals surface area contributed by atoms with Gasteiger partial charge in [0.05, 0.1) is 27.7 Å². The molecule has 0 bridgehead atoms. The molecule has 0 aromatic carbocycles. The summed E-state index contributed by atoms with van der Waals surface area (Å²) in [5.41, 5.74) is 0. The van der Waals surface area contributed by atoms with Gasteiger partial charge in [-0.2, -0.15) is 0 Å². The molecule has 2 atom stereocenters. The van der Waals surface area contributed by atoms with Crippen molar-refractivity contribution in [1.82, 2.24) is 0 Å². The number of phosphoric acid groups is 1. The van der Waals surface area contributed by atoms with Crippen molar-refractivity contribution in [3.63, 3.8) is 0 Å². The van der Waals surface area contributed by atoms with E-state index in [-0.39, 0.29) is 19.6 Å². The second-order valence-electron chi connectivity index (χ2n) is 17.6. The van der Waals surface area contributed by atoms with Crippen molar-refractivity contribution in [1.29, 1.82) is 0 Å². The number of phosphoric ester groups is 1. The van der Waals surface area contributed by atoms with Gasteiger partial charge in [-0.05, 0) is 19.3 Å². The van der Waals surface area contributed by atoms with Gasteiger partial charge in [0.25, 0.3) is 7.82 Å². The van der Waals surface area contributed by atoms with Crippen LogP contribution >= 0.6 is 7.82 Å². The van der Waals surface area contributed by atoms with Gasteiger partial charge >= 0.3 is 11.9 Å². The first-order valence-corrected chi connectivity index (χ1v) is 25.9. The monoisotopic (exact) mass is 866 g/mol. The van der Waals surface area contributed by atoms with Crippen LogP contribution in [-0.4, -0.2) is 70.0 Å². The van der Waals surface area contributed by atoms with Crippen molar-refractivity contribution in [2.45, 2.75) is 213 Å². The van der Waals surface area contributed by atoms with Gasteiger partial charge in [-0.15, -0.1) is 0 Å². The Kier molecular flexibility index (Phi) is 40.8. The number of esters is 2. The number of hydrogen-bond donors (Lipinski definition) is 0. The second-order valence-corrected chi connectivity index (χ2v) is 19.0. The van der Waals surface area contributed by atoms with Gasteiger partial charge in [0.15, 0.2) is 6.10 Å². The molecule has 0 fully saturated rings. The van der Waals surface area contributed by atoms with Crippen LogP contribution in [0, 0.1) is 0 Å². The molecule has 10 heteroatoms. The zero-order valence-corrected chi connectivity index (χ0v) is 40.3. The van der Waals surface area contributed by atoms with Crippen LogP contribution in [0.4, 0.5) is 0 Å². The molecular formula is C50H92NO8P. The number of ether oxygens (including phenoxy) is 2. The van der Waals surface area contributed by atoms with Crippen molar-refractivity contribution in [2.24, 2.45) is 0 Å². The summed E-state index contributed by atoms with van der Waals surface area (Å²) in [7, 11) is 1.09. The Bertz CT molecular complexity index is 1160. The van der Waals surface area contributed by atoms with Crippen molar-refractivity contribution in [2.75, 3.05) is 47.5 Å². The summed E-state index contributed by atoms with van der Waals surface area (Å²) in [5.74, 6) is -1.13. The van der Waals surface area contributed by atoms with E-state index in [1.165, 1.54) is 173 Å². The molecule has 0 saturated heterocycles. The first kappa shape index (κ1) is 58.0. The van der Waals surface area contributed by atoms with E-state index in [2.05, 4.69) is 19.9 Å².